The maximum Gasteiger partial charge on any atom is 0.347 e. The van der Waals surface area contributed by atoms with E-state index in [1.165, 1.54) is 6.42 Å². The second kappa shape index (κ2) is 9.20. The zero-order valence-corrected chi connectivity index (χ0v) is 21.2. The molecule has 3 atom stereocenters. The van der Waals surface area contributed by atoms with Crippen LogP contribution in [0, 0.1) is 22.7 Å². The fourth-order valence-corrected chi connectivity index (χ4v) is 5.75. The first kappa shape index (κ1) is 26.0. The lowest BCUT2D eigenvalue weighted by atomic mass is 9.52. The predicted octanol–water partition coefficient (Wildman–Crippen LogP) is 4.33. The summed E-state index contributed by atoms with van der Waals surface area (Å²) in [5, 5.41) is 10.6. The maximum absolute atomic E-state index is 12.4. The highest BCUT2D eigenvalue weighted by molar-refractivity contribution is 5.82. The third kappa shape index (κ3) is 5.72. The Morgan fingerprint density at radius 1 is 1.00 bits per heavy atom. The van der Waals surface area contributed by atoms with E-state index in [1.807, 2.05) is 27.7 Å². The molecule has 4 aliphatic carbocycles. The van der Waals surface area contributed by atoms with Crippen LogP contribution in [-0.4, -0.2) is 46.9 Å². The molecule has 33 heavy (non-hydrogen) atoms. The monoisotopic (exact) mass is 466 g/mol. The van der Waals surface area contributed by atoms with Gasteiger partial charge in [-0.2, -0.15) is 0 Å². The second-order valence-electron chi connectivity index (χ2n) is 12.1. The molecule has 5 fully saturated rings. The van der Waals surface area contributed by atoms with Gasteiger partial charge in [0, 0.05) is 12.8 Å². The van der Waals surface area contributed by atoms with E-state index < -0.39 is 28.5 Å². The van der Waals surface area contributed by atoms with Gasteiger partial charge in [-0.25, -0.2) is 4.79 Å². The molecule has 3 unspecified atom stereocenters. The lowest BCUT2D eigenvalue weighted by molar-refractivity contribution is -0.225. The highest BCUT2D eigenvalue weighted by Gasteiger charge is 2.59. The van der Waals surface area contributed by atoms with Crippen molar-refractivity contribution in [3.05, 3.63) is 0 Å². The number of aliphatic hydroxyl groups is 1. The zero-order valence-electron chi connectivity index (χ0n) is 21.2. The Balaban J connectivity index is 0.000000196. The second-order valence-corrected chi connectivity index (χ2v) is 12.1. The topological polar surface area (TPSA) is 99.1 Å². The van der Waals surface area contributed by atoms with E-state index in [9.17, 15) is 19.5 Å². The first-order valence-corrected chi connectivity index (χ1v) is 12.6. The van der Waals surface area contributed by atoms with Crippen LogP contribution in [-0.2, 0) is 28.6 Å². The number of hydrogen-bond acceptors (Lipinski definition) is 7. The van der Waals surface area contributed by atoms with Crippen LogP contribution in [0.3, 0.4) is 0 Å². The molecule has 4 bridgehead atoms. The summed E-state index contributed by atoms with van der Waals surface area (Å²) in [5.74, 6) is 0.280. The molecular weight excluding hydrogens is 424 g/mol. The fraction of sp³-hybridized carbons (Fsp3) is 0.885. The summed E-state index contributed by atoms with van der Waals surface area (Å²) in [6.45, 7) is 11.8. The van der Waals surface area contributed by atoms with E-state index in [-0.39, 0.29) is 17.5 Å². The van der Waals surface area contributed by atoms with Crippen LogP contribution in [0.5, 0.6) is 0 Å². The number of carbonyl (C=O) groups excluding carboxylic acids is 3. The summed E-state index contributed by atoms with van der Waals surface area (Å²) >= 11 is 0. The Kier molecular flexibility index (Phi) is 7.24. The van der Waals surface area contributed by atoms with Crippen molar-refractivity contribution in [3.63, 3.8) is 0 Å². The highest BCUT2D eigenvalue weighted by atomic mass is 16.6. The smallest absolute Gasteiger partial charge is 0.347 e. The molecule has 1 saturated heterocycles. The Hall–Kier alpha value is -1.63. The molecular formula is C26H42O7. The summed E-state index contributed by atoms with van der Waals surface area (Å²) in [5.41, 5.74) is -1.85. The molecule has 0 amide bonds. The molecule has 0 radical (unpaired) electrons. The van der Waals surface area contributed by atoms with Crippen LogP contribution >= 0.6 is 0 Å². The minimum atomic E-state index is -0.687. The molecule has 7 nitrogen and oxygen atoms in total. The third-order valence-corrected chi connectivity index (χ3v) is 8.30. The van der Waals surface area contributed by atoms with Gasteiger partial charge in [-0.3, -0.25) is 9.59 Å². The van der Waals surface area contributed by atoms with Gasteiger partial charge >= 0.3 is 17.9 Å². The van der Waals surface area contributed by atoms with Gasteiger partial charge in [-0.05, 0) is 84.5 Å². The molecule has 1 N–H and O–H groups in total. The van der Waals surface area contributed by atoms with Gasteiger partial charge < -0.3 is 19.3 Å². The standard InChI is InChI=1S/C16H26O3.C10H16O4/c1-4-14(2,3)13(17)19-16-8-11-5-12(9-16)7-15(18,6-11)10-16;1-4-10(2,3)9(12)14-7-5-6-13-8(7)11/h11-12,18H,4-10H2,1-3H3;7H,4-6H2,1-3H3. The van der Waals surface area contributed by atoms with Crippen molar-refractivity contribution in [3.8, 4) is 0 Å². The molecule has 5 rings (SSSR count). The quantitative estimate of drug-likeness (QED) is 0.459. The van der Waals surface area contributed by atoms with E-state index >= 15 is 0 Å². The van der Waals surface area contributed by atoms with Crippen molar-refractivity contribution in [2.24, 2.45) is 22.7 Å². The molecule has 4 saturated carbocycles. The van der Waals surface area contributed by atoms with Crippen molar-refractivity contribution in [1.29, 1.82) is 0 Å². The molecule has 1 aliphatic heterocycles. The number of hydrogen-bond donors (Lipinski definition) is 1. The number of cyclic esters (lactones) is 1. The fourth-order valence-electron chi connectivity index (χ4n) is 5.75. The van der Waals surface area contributed by atoms with E-state index in [2.05, 4.69) is 0 Å². The molecule has 0 aromatic heterocycles. The lowest BCUT2D eigenvalue weighted by Crippen LogP contribution is -2.61. The van der Waals surface area contributed by atoms with Gasteiger partial charge in [-0.1, -0.05) is 13.8 Å². The Morgan fingerprint density at radius 3 is 2.00 bits per heavy atom. The largest absolute Gasteiger partial charge is 0.463 e. The first-order valence-electron chi connectivity index (χ1n) is 12.6. The molecule has 0 spiro atoms. The minimum absolute atomic E-state index is 0.0828. The maximum atomic E-state index is 12.4. The molecule has 1 heterocycles. The van der Waals surface area contributed by atoms with Crippen LogP contribution in [0.25, 0.3) is 0 Å². The summed E-state index contributed by atoms with van der Waals surface area (Å²) in [4.78, 5) is 35.0. The highest BCUT2D eigenvalue weighted by Crippen LogP contribution is 2.59. The van der Waals surface area contributed by atoms with Crippen LogP contribution in [0.15, 0.2) is 0 Å². The number of ether oxygens (including phenoxy) is 3. The van der Waals surface area contributed by atoms with Crippen LogP contribution < -0.4 is 0 Å². The molecule has 188 valence electrons. The van der Waals surface area contributed by atoms with Crippen molar-refractivity contribution >= 4 is 17.9 Å². The zero-order chi connectivity index (χ0) is 24.7. The van der Waals surface area contributed by atoms with Crippen LogP contribution in [0.1, 0.15) is 99.3 Å². The van der Waals surface area contributed by atoms with Gasteiger partial charge in [0.1, 0.15) is 5.60 Å². The number of carbonyl (C=O) groups is 3. The van der Waals surface area contributed by atoms with Crippen LogP contribution in [0.4, 0.5) is 0 Å². The van der Waals surface area contributed by atoms with E-state index in [0.717, 1.165) is 32.1 Å². The van der Waals surface area contributed by atoms with Crippen molar-refractivity contribution in [2.45, 2.75) is 117 Å². The summed E-state index contributed by atoms with van der Waals surface area (Å²) < 4.78 is 15.7. The molecule has 7 heteroatoms. The Bertz CT molecular complexity index is 755. The SMILES string of the molecule is CCC(C)(C)C(=O)OC12CC3CC(CC(O)(C3)C1)C2.CCC(C)(C)C(=O)OC1CCOC1=O. The van der Waals surface area contributed by atoms with Crippen LogP contribution in [0.2, 0.25) is 0 Å². The molecule has 5 aliphatic rings. The summed E-state index contributed by atoms with van der Waals surface area (Å²) in [6, 6.07) is 0. The van der Waals surface area contributed by atoms with E-state index in [4.69, 9.17) is 14.2 Å². The van der Waals surface area contributed by atoms with Crippen molar-refractivity contribution < 1.29 is 33.7 Å². The van der Waals surface area contributed by atoms with Gasteiger partial charge in [-0.15, -0.1) is 0 Å². The average Bonchev–Trinajstić information content (AvgIpc) is 3.10. The summed E-state index contributed by atoms with van der Waals surface area (Å²) in [7, 11) is 0. The van der Waals surface area contributed by atoms with E-state index in [0.29, 0.717) is 37.7 Å². The number of esters is 3. The molecule has 0 aromatic rings. The van der Waals surface area contributed by atoms with Gasteiger partial charge in [0.2, 0.25) is 6.10 Å². The van der Waals surface area contributed by atoms with Gasteiger partial charge in [0.05, 0.1) is 23.0 Å². The first-order chi connectivity index (χ1) is 15.2. The van der Waals surface area contributed by atoms with Gasteiger partial charge in [0.15, 0.2) is 0 Å². The number of rotatable bonds is 6. The summed E-state index contributed by atoms with van der Waals surface area (Å²) in [6.07, 6.45) is 6.93. The average molecular weight is 467 g/mol. The molecule has 0 aromatic carbocycles. The Labute approximate surface area is 197 Å². The predicted molar refractivity (Wildman–Crippen MR) is 122 cm³/mol. The Morgan fingerprint density at radius 2 is 1.55 bits per heavy atom. The third-order valence-electron chi connectivity index (χ3n) is 8.30. The van der Waals surface area contributed by atoms with Crippen molar-refractivity contribution in [2.75, 3.05) is 6.61 Å². The normalized spacial score (nSPS) is 34.9. The van der Waals surface area contributed by atoms with E-state index in [1.54, 1.807) is 13.8 Å². The minimum Gasteiger partial charge on any atom is -0.463 e. The lowest BCUT2D eigenvalue weighted by Gasteiger charge is -2.59. The van der Waals surface area contributed by atoms with Crippen molar-refractivity contribution in [1.82, 2.24) is 0 Å². The van der Waals surface area contributed by atoms with Gasteiger partial charge in [0.25, 0.3) is 0 Å².